The molecule has 0 radical (unpaired) electrons. The SMILES string of the molecule is Clc1ccc(NC2CCN([C@@H]3CCCC[C@@H]3c3ccccc3)CC2)cc1. The van der Waals surface area contributed by atoms with Gasteiger partial charge in [-0.05, 0) is 61.4 Å². The van der Waals surface area contributed by atoms with Gasteiger partial charge in [0.05, 0.1) is 0 Å². The van der Waals surface area contributed by atoms with Gasteiger partial charge in [0.25, 0.3) is 0 Å². The summed E-state index contributed by atoms with van der Waals surface area (Å²) >= 11 is 5.99. The van der Waals surface area contributed by atoms with Crippen molar-refractivity contribution in [2.75, 3.05) is 18.4 Å². The van der Waals surface area contributed by atoms with Gasteiger partial charge < -0.3 is 5.32 Å². The van der Waals surface area contributed by atoms with Gasteiger partial charge in [0.15, 0.2) is 0 Å². The lowest BCUT2D eigenvalue weighted by molar-refractivity contribution is 0.109. The van der Waals surface area contributed by atoms with Gasteiger partial charge in [-0.3, -0.25) is 4.90 Å². The van der Waals surface area contributed by atoms with Gasteiger partial charge in [-0.25, -0.2) is 0 Å². The Kier molecular flexibility index (Phi) is 5.81. The highest BCUT2D eigenvalue weighted by Gasteiger charge is 2.33. The van der Waals surface area contributed by atoms with E-state index in [1.54, 1.807) is 5.56 Å². The molecule has 0 bridgehead atoms. The van der Waals surface area contributed by atoms with Crippen LogP contribution in [0.4, 0.5) is 5.69 Å². The Morgan fingerprint density at radius 1 is 0.808 bits per heavy atom. The van der Waals surface area contributed by atoms with Crippen molar-refractivity contribution >= 4 is 17.3 Å². The molecule has 1 aliphatic carbocycles. The van der Waals surface area contributed by atoms with Crippen molar-refractivity contribution in [3.8, 4) is 0 Å². The molecular weight excluding hydrogens is 340 g/mol. The highest BCUT2D eigenvalue weighted by Crippen LogP contribution is 2.37. The Morgan fingerprint density at radius 3 is 2.23 bits per heavy atom. The number of hydrogen-bond donors (Lipinski definition) is 1. The minimum Gasteiger partial charge on any atom is -0.382 e. The van der Waals surface area contributed by atoms with E-state index in [9.17, 15) is 0 Å². The average Bonchev–Trinajstić information content (AvgIpc) is 2.71. The Morgan fingerprint density at radius 2 is 1.50 bits per heavy atom. The number of benzene rings is 2. The summed E-state index contributed by atoms with van der Waals surface area (Å²) in [7, 11) is 0. The lowest BCUT2D eigenvalue weighted by Gasteiger charge is -2.44. The second-order valence-corrected chi connectivity index (χ2v) is 8.27. The summed E-state index contributed by atoms with van der Waals surface area (Å²) in [4.78, 5) is 2.77. The van der Waals surface area contributed by atoms with E-state index in [4.69, 9.17) is 11.6 Å². The highest BCUT2D eigenvalue weighted by molar-refractivity contribution is 6.30. The van der Waals surface area contributed by atoms with E-state index in [1.807, 2.05) is 12.1 Å². The molecule has 4 rings (SSSR count). The molecule has 0 unspecified atom stereocenters. The molecule has 1 aliphatic heterocycles. The molecule has 0 spiro atoms. The van der Waals surface area contributed by atoms with Crippen LogP contribution in [0, 0.1) is 0 Å². The number of likely N-dealkylation sites (tertiary alicyclic amines) is 1. The van der Waals surface area contributed by atoms with Crippen molar-refractivity contribution in [1.29, 1.82) is 0 Å². The first kappa shape index (κ1) is 17.9. The van der Waals surface area contributed by atoms with E-state index in [-0.39, 0.29) is 0 Å². The van der Waals surface area contributed by atoms with Crippen LogP contribution in [0.5, 0.6) is 0 Å². The molecule has 1 saturated carbocycles. The summed E-state index contributed by atoms with van der Waals surface area (Å²) in [5.74, 6) is 0.714. The number of halogens is 1. The molecular formula is C23H29ClN2. The van der Waals surface area contributed by atoms with Crippen molar-refractivity contribution in [1.82, 2.24) is 4.90 Å². The van der Waals surface area contributed by atoms with E-state index >= 15 is 0 Å². The lowest BCUT2D eigenvalue weighted by atomic mass is 9.78. The maximum Gasteiger partial charge on any atom is 0.0407 e. The molecule has 2 aliphatic rings. The summed E-state index contributed by atoms with van der Waals surface area (Å²) in [5.41, 5.74) is 2.73. The Balaban J connectivity index is 1.36. The van der Waals surface area contributed by atoms with Gasteiger partial charge in [0.2, 0.25) is 0 Å². The smallest absolute Gasteiger partial charge is 0.0407 e. The van der Waals surface area contributed by atoms with Gasteiger partial charge in [-0.15, -0.1) is 0 Å². The van der Waals surface area contributed by atoms with Crippen molar-refractivity contribution in [3.05, 3.63) is 65.2 Å². The van der Waals surface area contributed by atoms with E-state index in [0.29, 0.717) is 12.0 Å². The first-order valence-electron chi connectivity index (χ1n) is 10.1. The van der Waals surface area contributed by atoms with Gasteiger partial charge in [-0.2, -0.15) is 0 Å². The third-order valence-electron chi connectivity index (χ3n) is 6.17. The van der Waals surface area contributed by atoms with Crippen LogP contribution in [0.1, 0.15) is 50.0 Å². The summed E-state index contributed by atoms with van der Waals surface area (Å²) in [5, 5.41) is 4.49. The van der Waals surface area contributed by atoms with Crippen LogP contribution in [-0.2, 0) is 0 Å². The number of anilines is 1. The van der Waals surface area contributed by atoms with Crippen LogP contribution in [0.15, 0.2) is 54.6 Å². The molecule has 0 aromatic heterocycles. The minimum absolute atomic E-state index is 0.575. The predicted molar refractivity (Wildman–Crippen MR) is 111 cm³/mol. The number of piperidine rings is 1. The molecule has 0 amide bonds. The maximum atomic E-state index is 5.99. The molecule has 138 valence electrons. The standard InChI is InChI=1S/C23H29ClN2/c24-19-10-12-20(13-11-19)25-21-14-16-26(17-15-21)23-9-5-4-8-22(23)18-6-2-1-3-7-18/h1-3,6-7,10-13,21-23,25H,4-5,8-9,14-17H2/t22-,23-/m1/s1. The number of hydrogen-bond acceptors (Lipinski definition) is 2. The van der Waals surface area contributed by atoms with Crippen molar-refractivity contribution in [3.63, 3.8) is 0 Å². The van der Waals surface area contributed by atoms with Crippen molar-refractivity contribution < 1.29 is 0 Å². The summed E-state index contributed by atoms with van der Waals surface area (Å²) in [6.45, 7) is 2.42. The van der Waals surface area contributed by atoms with E-state index < -0.39 is 0 Å². The third kappa shape index (κ3) is 4.24. The van der Waals surface area contributed by atoms with E-state index in [0.717, 1.165) is 11.1 Å². The molecule has 1 heterocycles. The van der Waals surface area contributed by atoms with Crippen molar-refractivity contribution in [2.45, 2.75) is 56.5 Å². The summed E-state index contributed by atoms with van der Waals surface area (Å²) in [6, 6.07) is 20.6. The van der Waals surface area contributed by atoms with Crippen LogP contribution in [0.25, 0.3) is 0 Å². The second-order valence-electron chi connectivity index (χ2n) is 7.83. The zero-order chi connectivity index (χ0) is 17.8. The minimum atomic E-state index is 0.575. The summed E-state index contributed by atoms with van der Waals surface area (Å²) < 4.78 is 0. The zero-order valence-corrected chi connectivity index (χ0v) is 16.2. The van der Waals surface area contributed by atoms with Crippen LogP contribution in [0.3, 0.4) is 0 Å². The molecule has 2 nitrogen and oxygen atoms in total. The number of rotatable bonds is 4. The fourth-order valence-corrected chi connectivity index (χ4v) is 4.92. The Hall–Kier alpha value is -1.51. The van der Waals surface area contributed by atoms with Gasteiger partial charge in [0, 0.05) is 35.9 Å². The van der Waals surface area contributed by atoms with E-state index in [2.05, 4.69) is 52.7 Å². The van der Waals surface area contributed by atoms with Gasteiger partial charge in [0.1, 0.15) is 0 Å². The normalized spacial score (nSPS) is 25.1. The Bertz CT molecular complexity index is 677. The predicted octanol–water partition coefficient (Wildman–Crippen LogP) is 5.94. The van der Waals surface area contributed by atoms with Crippen LogP contribution < -0.4 is 5.32 Å². The fourth-order valence-electron chi connectivity index (χ4n) is 4.79. The quantitative estimate of drug-likeness (QED) is 0.718. The third-order valence-corrected chi connectivity index (χ3v) is 6.42. The second kappa shape index (κ2) is 8.45. The maximum absolute atomic E-state index is 5.99. The average molecular weight is 369 g/mol. The summed E-state index contributed by atoms with van der Waals surface area (Å²) in [6.07, 6.45) is 7.91. The largest absolute Gasteiger partial charge is 0.382 e. The van der Waals surface area contributed by atoms with E-state index in [1.165, 1.54) is 57.3 Å². The highest BCUT2D eigenvalue weighted by atomic mass is 35.5. The molecule has 1 saturated heterocycles. The molecule has 3 heteroatoms. The van der Waals surface area contributed by atoms with Crippen LogP contribution >= 0.6 is 11.6 Å². The molecule has 26 heavy (non-hydrogen) atoms. The van der Waals surface area contributed by atoms with Crippen molar-refractivity contribution in [2.24, 2.45) is 0 Å². The number of nitrogens with zero attached hydrogens (tertiary/aromatic N) is 1. The lowest BCUT2D eigenvalue weighted by Crippen LogP contribution is -2.47. The van der Waals surface area contributed by atoms with Crippen LogP contribution in [-0.4, -0.2) is 30.1 Å². The van der Waals surface area contributed by atoms with Gasteiger partial charge >= 0.3 is 0 Å². The molecule has 2 aromatic carbocycles. The monoisotopic (exact) mass is 368 g/mol. The first-order chi connectivity index (χ1) is 12.8. The molecule has 2 aromatic rings. The molecule has 2 atom stereocenters. The topological polar surface area (TPSA) is 15.3 Å². The fraction of sp³-hybridized carbons (Fsp3) is 0.478. The molecule has 2 fully saturated rings. The molecule has 1 N–H and O–H groups in total. The van der Waals surface area contributed by atoms with Gasteiger partial charge in [-0.1, -0.05) is 54.8 Å². The van der Waals surface area contributed by atoms with Crippen LogP contribution in [0.2, 0.25) is 5.02 Å². The first-order valence-corrected chi connectivity index (χ1v) is 10.5. The zero-order valence-electron chi connectivity index (χ0n) is 15.4. The number of nitrogens with one attached hydrogen (secondary N) is 1. The Labute approximate surface area is 162 Å².